The second kappa shape index (κ2) is 5.46. The number of carbonyl (C=O) groups is 1. The zero-order valence-electron chi connectivity index (χ0n) is 11.8. The first-order chi connectivity index (χ1) is 9.39. The number of nitrogens with one attached hydrogen (secondary N) is 1. The minimum Gasteiger partial charge on any atom is -0.392 e. The van der Waals surface area contributed by atoms with E-state index >= 15 is 0 Å². The zero-order chi connectivity index (χ0) is 14.8. The molecule has 1 aromatic heterocycles. The van der Waals surface area contributed by atoms with Crippen molar-refractivity contribution in [2.24, 2.45) is 0 Å². The predicted octanol–water partition coefficient (Wildman–Crippen LogP) is 2.61. The fourth-order valence-electron chi connectivity index (χ4n) is 1.84. The number of aliphatic hydroxyl groups excluding tert-OH is 1. The van der Waals surface area contributed by atoms with Gasteiger partial charge >= 0.3 is 6.09 Å². The number of hydrogen-bond acceptors (Lipinski definition) is 4. The number of carbonyl (C=O) groups excluding carboxylic acids is 1. The zero-order valence-corrected chi connectivity index (χ0v) is 11.8. The summed E-state index contributed by atoms with van der Waals surface area (Å²) in [6, 6.07) is 7.22. The molecule has 20 heavy (non-hydrogen) atoms. The summed E-state index contributed by atoms with van der Waals surface area (Å²) >= 11 is 0. The van der Waals surface area contributed by atoms with Crippen LogP contribution in [0.5, 0.6) is 5.88 Å². The summed E-state index contributed by atoms with van der Waals surface area (Å²) in [5.74, 6) is 0.208. The second-order valence-electron chi connectivity index (χ2n) is 5.58. The van der Waals surface area contributed by atoms with Crippen molar-refractivity contribution >= 4 is 16.9 Å². The van der Waals surface area contributed by atoms with Gasteiger partial charge in [0.05, 0.1) is 6.61 Å². The van der Waals surface area contributed by atoms with Crippen LogP contribution in [0.1, 0.15) is 26.3 Å². The van der Waals surface area contributed by atoms with Gasteiger partial charge in [0.25, 0.3) is 0 Å². The van der Waals surface area contributed by atoms with Gasteiger partial charge in [-0.05, 0) is 31.7 Å². The molecular formula is C15H18N2O3. The molecule has 0 saturated carbocycles. The van der Waals surface area contributed by atoms with Crippen molar-refractivity contribution < 1.29 is 14.6 Å². The van der Waals surface area contributed by atoms with Gasteiger partial charge < -0.3 is 15.2 Å². The Hall–Kier alpha value is -2.14. The Morgan fingerprint density at radius 1 is 1.40 bits per heavy atom. The molecule has 2 aromatic rings. The van der Waals surface area contributed by atoms with Gasteiger partial charge in [-0.15, -0.1) is 0 Å². The molecule has 106 valence electrons. The monoisotopic (exact) mass is 274 g/mol. The summed E-state index contributed by atoms with van der Waals surface area (Å²) in [7, 11) is 0. The first-order valence-electron chi connectivity index (χ1n) is 6.37. The highest BCUT2D eigenvalue weighted by atomic mass is 16.6. The third-order valence-electron chi connectivity index (χ3n) is 2.67. The van der Waals surface area contributed by atoms with E-state index in [2.05, 4.69) is 10.3 Å². The van der Waals surface area contributed by atoms with Crippen LogP contribution in [0, 0.1) is 0 Å². The molecule has 0 spiro atoms. The number of nitrogens with zero attached hydrogens (tertiary/aromatic N) is 1. The van der Waals surface area contributed by atoms with Crippen LogP contribution >= 0.6 is 0 Å². The third kappa shape index (κ3) is 3.45. The molecule has 0 fully saturated rings. The van der Waals surface area contributed by atoms with E-state index in [0.717, 1.165) is 16.3 Å². The summed E-state index contributed by atoms with van der Waals surface area (Å²) in [6.07, 6.45) is 1.07. The summed E-state index contributed by atoms with van der Waals surface area (Å²) in [4.78, 5) is 15.8. The van der Waals surface area contributed by atoms with E-state index < -0.39 is 6.09 Å². The van der Waals surface area contributed by atoms with Crippen LogP contribution in [0.2, 0.25) is 0 Å². The lowest BCUT2D eigenvalue weighted by Crippen LogP contribution is -2.42. The normalized spacial score (nSPS) is 11.4. The summed E-state index contributed by atoms with van der Waals surface area (Å²) in [5.41, 5.74) is 0.399. The highest BCUT2D eigenvalue weighted by molar-refractivity contribution is 5.86. The number of hydrogen-bond donors (Lipinski definition) is 2. The van der Waals surface area contributed by atoms with Crippen molar-refractivity contribution in [3.63, 3.8) is 0 Å². The Balaban J connectivity index is 2.25. The van der Waals surface area contributed by atoms with E-state index in [-0.39, 0.29) is 18.0 Å². The highest BCUT2D eigenvalue weighted by Crippen LogP contribution is 2.22. The van der Waals surface area contributed by atoms with Gasteiger partial charge in [-0.3, -0.25) is 0 Å². The number of pyridine rings is 1. The third-order valence-corrected chi connectivity index (χ3v) is 2.67. The van der Waals surface area contributed by atoms with E-state index in [0.29, 0.717) is 0 Å². The number of benzene rings is 1. The van der Waals surface area contributed by atoms with Gasteiger partial charge in [-0.1, -0.05) is 18.2 Å². The molecule has 1 amide bonds. The minimum atomic E-state index is -0.550. The molecule has 1 aromatic carbocycles. The Labute approximate surface area is 117 Å². The van der Waals surface area contributed by atoms with Crippen LogP contribution in [0.15, 0.2) is 30.5 Å². The van der Waals surface area contributed by atoms with Crippen LogP contribution in [0.25, 0.3) is 10.8 Å². The molecule has 0 aliphatic heterocycles. The van der Waals surface area contributed by atoms with E-state index in [1.54, 1.807) is 12.3 Å². The van der Waals surface area contributed by atoms with Gasteiger partial charge in [-0.2, -0.15) is 0 Å². The summed E-state index contributed by atoms with van der Waals surface area (Å²) < 4.78 is 5.16. The molecule has 2 rings (SSSR count). The molecule has 0 aliphatic carbocycles. The number of rotatable bonds is 2. The van der Waals surface area contributed by atoms with E-state index in [1.807, 2.05) is 39.0 Å². The Bertz CT molecular complexity index is 633. The van der Waals surface area contributed by atoms with Gasteiger partial charge in [0.15, 0.2) is 0 Å². The SMILES string of the molecule is CC(C)(C)NC(=O)Oc1cc2c(CO)cccc2cn1. The quantitative estimate of drug-likeness (QED) is 0.883. The number of amides is 1. The number of ether oxygens (including phenoxy) is 1. The smallest absolute Gasteiger partial charge is 0.392 e. The maximum Gasteiger partial charge on any atom is 0.414 e. The molecule has 2 N–H and O–H groups in total. The molecule has 1 heterocycles. The van der Waals surface area contributed by atoms with Gasteiger partial charge in [0.2, 0.25) is 5.88 Å². The molecule has 0 atom stereocenters. The van der Waals surface area contributed by atoms with Gasteiger partial charge in [-0.25, -0.2) is 9.78 Å². The van der Waals surface area contributed by atoms with Crippen LogP contribution in [-0.2, 0) is 6.61 Å². The lowest BCUT2D eigenvalue weighted by Gasteiger charge is -2.19. The van der Waals surface area contributed by atoms with Crippen molar-refractivity contribution in [1.29, 1.82) is 0 Å². The van der Waals surface area contributed by atoms with Crippen molar-refractivity contribution in [3.05, 3.63) is 36.0 Å². The Morgan fingerprint density at radius 2 is 2.15 bits per heavy atom. The Kier molecular flexibility index (Phi) is 3.90. The summed E-state index contributed by atoms with van der Waals surface area (Å²) in [5, 5.41) is 13.7. The van der Waals surface area contributed by atoms with Gasteiger partial charge in [0.1, 0.15) is 0 Å². The largest absolute Gasteiger partial charge is 0.414 e. The van der Waals surface area contributed by atoms with Crippen LogP contribution in [-0.4, -0.2) is 21.7 Å². The number of aromatic nitrogens is 1. The highest BCUT2D eigenvalue weighted by Gasteiger charge is 2.16. The van der Waals surface area contributed by atoms with E-state index in [9.17, 15) is 9.90 Å². The van der Waals surface area contributed by atoms with Crippen LogP contribution < -0.4 is 10.1 Å². The van der Waals surface area contributed by atoms with Crippen molar-refractivity contribution in [1.82, 2.24) is 10.3 Å². The number of fused-ring (bicyclic) bond motifs is 1. The molecule has 5 nitrogen and oxygen atoms in total. The lowest BCUT2D eigenvalue weighted by molar-refractivity contribution is 0.189. The number of aliphatic hydroxyl groups is 1. The van der Waals surface area contributed by atoms with Crippen molar-refractivity contribution in [3.8, 4) is 5.88 Å². The summed E-state index contributed by atoms with van der Waals surface area (Å²) in [6.45, 7) is 5.53. The van der Waals surface area contributed by atoms with E-state index in [4.69, 9.17) is 4.74 Å². The first-order valence-corrected chi connectivity index (χ1v) is 6.37. The molecule has 0 radical (unpaired) electrons. The fraction of sp³-hybridized carbons (Fsp3) is 0.333. The van der Waals surface area contributed by atoms with Crippen molar-refractivity contribution in [2.45, 2.75) is 32.9 Å². The fourth-order valence-corrected chi connectivity index (χ4v) is 1.84. The minimum absolute atomic E-state index is 0.0744. The molecule has 0 aliphatic rings. The topological polar surface area (TPSA) is 71.5 Å². The average Bonchev–Trinajstić information content (AvgIpc) is 2.35. The molecule has 0 bridgehead atoms. The lowest BCUT2D eigenvalue weighted by atomic mass is 10.1. The second-order valence-corrected chi connectivity index (χ2v) is 5.58. The predicted molar refractivity (Wildman–Crippen MR) is 76.6 cm³/mol. The standard InChI is InChI=1S/C15H18N2O3/c1-15(2,3)17-14(19)20-13-7-12-10(8-16-13)5-4-6-11(12)9-18/h4-8,18H,9H2,1-3H3,(H,17,19). The van der Waals surface area contributed by atoms with Crippen molar-refractivity contribution in [2.75, 3.05) is 0 Å². The molecule has 0 saturated heterocycles. The van der Waals surface area contributed by atoms with Crippen LogP contribution in [0.3, 0.4) is 0 Å². The molecular weight excluding hydrogens is 256 g/mol. The molecule has 5 heteroatoms. The Morgan fingerprint density at radius 3 is 2.80 bits per heavy atom. The maximum absolute atomic E-state index is 11.7. The first kappa shape index (κ1) is 14.3. The maximum atomic E-state index is 11.7. The van der Waals surface area contributed by atoms with Gasteiger partial charge in [0, 0.05) is 23.2 Å². The molecule has 0 unspecified atom stereocenters. The van der Waals surface area contributed by atoms with E-state index in [1.165, 1.54) is 0 Å². The average molecular weight is 274 g/mol. The van der Waals surface area contributed by atoms with Crippen LogP contribution in [0.4, 0.5) is 4.79 Å².